The molecule has 1 saturated heterocycles. The molecule has 0 spiro atoms. The van der Waals surface area contributed by atoms with E-state index in [1.807, 2.05) is 18.2 Å². The third-order valence-electron chi connectivity index (χ3n) is 4.08. The first kappa shape index (κ1) is 17.5. The van der Waals surface area contributed by atoms with Crippen molar-refractivity contribution in [3.63, 3.8) is 0 Å². The zero-order valence-corrected chi connectivity index (χ0v) is 13.9. The molecule has 5 nitrogen and oxygen atoms in total. The molecule has 1 fully saturated rings. The molecule has 23 heavy (non-hydrogen) atoms. The molecule has 124 valence electrons. The van der Waals surface area contributed by atoms with Crippen LogP contribution in [0.5, 0.6) is 0 Å². The van der Waals surface area contributed by atoms with Gasteiger partial charge in [-0.1, -0.05) is 30.3 Å². The van der Waals surface area contributed by atoms with Gasteiger partial charge in [-0.05, 0) is 37.4 Å². The largest absolute Gasteiger partial charge is 0.352 e. The van der Waals surface area contributed by atoms with Crippen molar-refractivity contribution in [2.45, 2.75) is 19.4 Å². The molecule has 2 heterocycles. The number of nitrogens with zero attached hydrogens (tertiary/aromatic N) is 2. The number of amides is 1. The molecule has 2 N–H and O–H groups in total. The average molecular weight is 335 g/mol. The Morgan fingerprint density at radius 1 is 1.35 bits per heavy atom. The van der Waals surface area contributed by atoms with Gasteiger partial charge in [-0.2, -0.15) is 5.10 Å². The molecule has 1 aromatic heterocycles. The summed E-state index contributed by atoms with van der Waals surface area (Å²) in [6, 6.07) is 10.1. The van der Waals surface area contributed by atoms with Crippen LogP contribution in [0.2, 0.25) is 0 Å². The predicted octanol–water partition coefficient (Wildman–Crippen LogP) is 2.08. The summed E-state index contributed by atoms with van der Waals surface area (Å²) in [5.41, 5.74) is 1.80. The number of aromatic nitrogens is 2. The maximum absolute atomic E-state index is 12.1. The van der Waals surface area contributed by atoms with Crippen molar-refractivity contribution < 1.29 is 4.79 Å². The van der Waals surface area contributed by atoms with Gasteiger partial charge in [0.05, 0.1) is 18.3 Å². The number of nitrogens with one attached hydrogen (secondary N) is 2. The van der Waals surface area contributed by atoms with Gasteiger partial charge in [0.25, 0.3) is 5.91 Å². The van der Waals surface area contributed by atoms with Crippen molar-refractivity contribution in [1.29, 1.82) is 0 Å². The van der Waals surface area contributed by atoms with E-state index in [0.717, 1.165) is 26.1 Å². The Morgan fingerprint density at radius 2 is 2.17 bits per heavy atom. The number of carbonyl (C=O) groups is 1. The highest BCUT2D eigenvalue weighted by Gasteiger charge is 2.15. The minimum Gasteiger partial charge on any atom is -0.352 e. The van der Waals surface area contributed by atoms with E-state index < -0.39 is 0 Å². The highest BCUT2D eigenvalue weighted by Crippen LogP contribution is 2.11. The smallest absolute Gasteiger partial charge is 0.254 e. The molecule has 1 atom stereocenters. The Kier molecular flexibility index (Phi) is 6.62. The quantitative estimate of drug-likeness (QED) is 0.850. The minimum absolute atomic E-state index is 0. The molecule has 1 amide bonds. The maximum atomic E-state index is 12.1. The van der Waals surface area contributed by atoms with Crippen LogP contribution >= 0.6 is 12.4 Å². The van der Waals surface area contributed by atoms with Gasteiger partial charge in [-0.25, -0.2) is 0 Å². The van der Waals surface area contributed by atoms with Crippen molar-refractivity contribution in [3.8, 4) is 0 Å². The van der Waals surface area contributed by atoms with Gasteiger partial charge < -0.3 is 10.6 Å². The van der Waals surface area contributed by atoms with E-state index >= 15 is 0 Å². The summed E-state index contributed by atoms with van der Waals surface area (Å²) in [4.78, 5) is 12.1. The summed E-state index contributed by atoms with van der Waals surface area (Å²) < 4.78 is 1.80. The molecule has 1 aliphatic heterocycles. The fourth-order valence-electron chi connectivity index (χ4n) is 2.79. The van der Waals surface area contributed by atoms with Crippen molar-refractivity contribution in [3.05, 3.63) is 53.9 Å². The zero-order valence-electron chi connectivity index (χ0n) is 13.1. The molecule has 0 bridgehead atoms. The summed E-state index contributed by atoms with van der Waals surface area (Å²) in [5, 5.41) is 10.6. The number of halogens is 1. The highest BCUT2D eigenvalue weighted by molar-refractivity contribution is 5.93. The third-order valence-corrected chi connectivity index (χ3v) is 4.08. The van der Waals surface area contributed by atoms with E-state index in [-0.39, 0.29) is 18.3 Å². The topological polar surface area (TPSA) is 59.0 Å². The summed E-state index contributed by atoms with van der Waals surface area (Å²) in [6.45, 7) is 3.59. The number of hydrogen-bond donors (Lipinski definition) is 2. The third kappa shape index (κ3) is 5.08. The Bertz CT molecular complexity index is 608. The van der Waals surface area contributed by atoms with E-state index in [4.69, 9.17) is 0 Å². The normalized spacial score (nSPS) is 16.8. The van der Waals surface area contributed by atoms with Gasteiger partial charge in [0.15, 0.2) is 0 Å². The molecule has 2 aromatic rings. The van der Waals surface area contributed by atoms with E-state index in [9.17, 15) is 4.79 Å². The summed E-state index contributed by atoms with van der Waals surface area (Å²) in [5.74, 6) is 0.659. The lowest BCUT2D eigenvalue weighted by Gasteiger charge is -2.08. The second-order valence-electron chi connectivity index (χ2n) is 5.82. The van der Waals surface area contributed by atoms with Gasteiger partial charge in [-0.15, -0.1) is 12.4 Å². The first-order valence-electron chi connectivity index (χ1n) is 7.86. The van der Waals surface area contributed by atoms with E-state index in [2.05, 4.69) is 27.9 Å². The van der Waals surface area contributed by atoms with Crippen LogP contribution in [-0.2, 0) is 6.54 Å². The number of carbonyl (C=O) groups excluding carboxylic acids is 1. The van der Waals surface area contributed by atoms with Crippen LogP contribution in [0.25, 0.3) is 0 Å². The van der Waals surface area contributed by atoms with Gasteiger partial charge in [0.1, 0.15) is 0 Å². The lowest BCUT2D eigenvalue weighted by atomic mass is 10.1. The Labute approximate surface area is 142 Å². The number of benzene rings is 1. The van der Waals surface area contributed by atoms with Crippen LogP contribution in [-0.4, -0.2) is 35.3 Å². The molecule has 0 saturated carbocycles. The summed E-state index contributed by atoms with van der Waals surface area (Å²) >= 11 is 0. The van der Waals surface area contributed by atoms with E-state index in [0.29, 0.717) is 18.0 Å². The van der Waals surface area contributed by atoms with Gasteiger partial charge >= 0.3 is 0 Å². The van der Waals surface area contributed by atoms with Crippen LogP contribution < -0.4 is 10.6 Å². The van der Waals surface area contributed by atoms with Gasteiger partial charge in [0, 0.05) is 12.7 Å². The van der Waals surface area contributed by atoms with Crippen molar-refractivity contribution in [1.82, 2.24) is 20.4 Å². The zero-order chi connectivity index (χ0) is 15.2. The van der Waals surface area contributed by atoms with Crippen molar-refractivity contribution >= 4 is 18.3 Å². The molecule has 0 radical (unpaired) electrons. The van der Waals surface area contributed by atoms with Crippen molar-refractivity contribution in [2.24, 2.45) is 5.92 Å². The van der Waals surface area contributed by atoms with Crippen LogP contribution in [0.3, 0.4) is 0 Å². The van der Waals surface area contributed by atoms with Gasteiger partial charge in [0.2, 0.25) is 0 Å². The minimum atomic E-state index is -0.0368. The predicted molar refractivity (Wildman–Crippen MR) is 92.9 cm³/mol. The Balaban J connectivity index is 0.00000192. The lowest BCUT2D eigenvalue weighted by molar-refractivity contribution is 0.0951. The second-order valence-corrected chi connectivity index (χ2v) is 5.82. The first-order chi connectivity index (χ1) is 10.8. The SMILES string of the molecule is Cl.O=C(NCCC1CCNC1)c1cnn(Cc2ccccc2)c1. The van der Waals surface area contributed by atoms with Crippen LogP contribution in [0, 0.1) is 5.92 Å². The molecule has 1 aromatic carbocycles. The highest BCUT2D eigenvalue weighted by atomic mass is 35.5. The summed E-state index contributed by atoms with van der Waals surface area (Å²) in [6.07, 6.45) is 5.69. The van der Waals surface area contributed by atoms with E-state index in [1.54, 1.807) is 17.1 Å². The fourth-order valence-corrected chi connectivity index (χ4v) is 2.79. The fraction of sp³-hybridized carbons (Fsp3) is 0.412. The number of rotatable bonds is 6. The number of hydrogen-bond acceptors (Lipinski definition) is 3. The Hall–Kier alpha value is -1.85. The summed E-state index contributed by atoms with van der Waals surface area (Å²) in [7, 11) is 0. The van der Waals surface area contributed by atoms with Crippen LogP contribution in [0.1, 0.15) is 28.8 Å². The van der Waals surface area contributed by atoms with Crippen LogP contribution in [0.15, 0.2) is 42.7 Å². The molecule has 0 aliphatic carbocycles. The standard InChI is InChI=1S/C17H22N4O.ClH/c22-17(19-9-7-14-6-8-18-10-14)16-11-20-21(13-16)12-15-4-2-1-3-5-15;/h1-5,11,13-14,18H,6-10,12H2,(H,19,22);1H. The Morgan fingerprint density at radius 3 is 2.91 bits per heavy atom. The average Bonchev–Trinajstić information content (AvgIpc) is 3.20. The monoisotopic (exact) mass is 334 g/mol. The maximum Gasteiger partial charge on any atom is 0.254 e. The van der Waals surface area contributed by atoms with Gasteiger partial charge in [-0.3, -0.25) is 9.48 Å². The van der Waals surface area contributed by atoms with Crippen molar-refractivity contribution in [2.75, 3.05) is 19.6 Å². The molecular weight excluding hydrogens is 312 g/mol. The van der Waals surface area contributed by atoms with Crippen LogP contribution in [0.4, 0.5) is 0 Å². The molecule has 1 aliphatic rings. The molecule has 1 unspecified atom stereocenters. The lowest BCUT2D eigenvalue weighted by Crippen LogP contribution is -2.26. The molecule has 3 rings (SSSR count). The molecular formula is C17H23ClN4O. The molecule has 6 heteroatoms. The first-order valence-corrected chi connectivity index (χ1v) is 7.86. The van der Waals surface area contributed by atoms with E-state index in [1.165, 1.54) is 12.0 Å². The second kappa shape index (κ2) is 8.70.